The highest BCUT2D eigenvalue weighted by Gasteiger charge is 2.69. The van der Waals surface area contributed by atoms with Crippen LogP contribution in [0.4, 0.5) is 0 Å². The summed E-state index contributed by atoms with van der Waals surface area (Å²) in [5.74, 6) is -2.32. The van der Waals surface area contributed by atoms with E-state index >= 15 is 0 Å². The third-order valence-corrected chi connectivity index (χ3v) is 4.31. The summed E-state index contributed by atoms with van der Waals surface area (Å²) in [6.07, 6.45) is -1.92. The average Bonchev–Trinajstić information content (AvgIpc) is 2.77. The fraction of sp³-hybridized carbons (Fsp3) is 0.909. The monoisotopic (exact) mass is 276 g/mol. The van der Waals surface area contributed by atoms with Crippen LogP contribution in [0, 0.1) is 0 Å². The number of carbonyl (C=O) groups is 1. The topological polar surface area (TPSA) is 74.2 Å². The van der Waals surface area contributed by atoms with Crippen LogP contribution in [-0.2, 0) is 23.7 Å². The van der Waals surface area contributed by atoms with Crippen molar-refractivity contribution in [3.63, 3.8) is 0 Å². The standard InChI is InChI=1S/C11H16O6S/c1-5(12)18-6-4-14-11(13)7(6)15-9-8(11)16-10(2,3)17-9/h6-9,13H,4H2,1-3H3/t6-,7+,8-,9-,11-/m1/s1. The van der Waals surface area contributed by atoms with E-state index in [-0.39, 0.29) is 17.0 Å². The van der Waals surface area contributed by atoms with Crippen molar-refractivity contribution >= 4 is 16.9 Å². The summed E-state index contributed by atoms with van der Waals surface area (Å²) >= 11 is 1.12. The lowest BCUT2D eigenvalue weighted by molar-refractivity contribution is -0.271. The number of hydrogen-bond acceptors (Lipinski definition) is 7. The van der Waals surface area contributed by atoms with Crippen molar-refractivity contribution in [2.75, 3.05) is 6.61 Å². The second-order valence-corrected chi connectivity index (χ2v) is 6.61. The van der Waals surface area contributed by atoms with Crippen molar-refractivity contribution in [3.8, 4) is 0 Å². The molecule has 7 heteroatoms. The summed E-state index contributed by atoms with van der Waals surface area (Å²) in [5.41, 5.74) is 0. The molecular weight excluding hydrogens is 260 g/mol. The fourth-order valence-electron chi connectivity index (χ4n) is 2.64. The van der Waals surface area contributed by atoms with Gasteiger partial charge in [0, 0.05) is 6.92 Å². The molecule has 0 aromatic heterocycles. The van der Waals surface area contributed by atoms with Crippen LogP contribution in [0.2, 0.25) is 0 Å². The Balaban J connectivity index is 1.80. The van der Waals surface area contributed by atoms with E-state index in [0.717, 1.165) is 11.8 Å². The van der Waals surface area contributed by atoms with E-state index in [2.05, 4.69) is 0 Å². The predicted molar refractivity (Wildman–Crippen MR) is 61.7 cm³/mol. The molecule has 0 unspecified atom stereocenters. The quantitative estimate of drug-likeness (QED) is 0.734. The van der Waals surface area contributed by atoms with E-state index in [1.54, 1.807) is 13.8 Å². The predicted octanol–water partition coefficient (Wildman–Crippen LogP) is 0.230. The Morgan fingerprint density at radius 3 is 2.72 bits per heavy atom. The zero-order valence-corrected chi connectivity index (χ0v) is 11.2. The first-order valence-electron chi connectivity index (χ1n) is 5.86. The number of carbonyl (C=O) groups excluding carboxylic acids is 1. The van der Waals surface area contributed by atoms with Crippen molar-refractivity contribution in [1.29, 1.82) is 0 Å². The Morgan fingerprint density at radius 2 is 2.06 bits per heavy atom. The van der Waals surface area contributed by atoms with Gasteiger partial charge in [-0.3, -0.25) is 4.79 Å². The van der Waals surface area contributed by atoms with Gasteiger partial charge in [0.2, 0.25) is 5.79 Å². The van der Waals surface area contributed by atoms with E-state index in [9.17, 15) is 9.90 Å². The highest BCUT2D eigenvalue weighted by molar-refractivity contribution is 8.14. The largest absolute Gasteiger partial charge is 0.361 e. The summed E-state index contributed by atoms with van der Waals surface area (Å²) in [5, 5.41) is 10.3. The van der Waals surface area contributed by atoms with E-state index in [0.29, 0.717) is 0 Å². The third-order valence-electron chi connectivity index (χ3n) is 3.29. The molecule has 1 N–H and O–H groups in total. The minimum absolute atomic E-state index is 0.0318. The van der Waals surface area contributed by atoms with Crippen molar-refractivity contribution in [2.45, 2.75) is 56.1 Å². The van der Waals surface area contributed by atoms with E-state index in [1.165, 1.54) is 6.92 Å². The Morgan fingerprint density at radius 1 is 1.33 bits per heavy atom. The lowest BCUT2D eigenvalue weighted by atomic mass is 10.1. The van der Waals surface area contributed by atoms with Gasteiger partial charge in [-0.15, -0.1) is 0 Å². The molecule has 0 aromatic rings. The lowest BCUT2D eigenvalue weighted by Crippen LogP contribution is -2.48. The van der Waals surface area contributed by atoms with Gasteiger partial charge >= 0.3 is 0 Å². The van der Waals surface area contributed by atoms with Crippen LogP contribution in [0.1, 0.15) is 20.8 Å². The summed E-state index contributed by atoms with van der Waals surface area (Å²) in [7, 11) is 0. The number of aliphatic hydroxyl groups is 1. The maximum absolute atomic E-state index is 11.2. The first-order valence-corrected chi connectivity index (χ1v) is 6.74. The first kappa shape index (κ1) is 12.8. The summed E-state index contributed by atoms with van der Waals surface area (Å²) in [4.78, 5) is 11.2. The van der Waals surface area contributed by atoms with Crippen LogP contribution in [0.15, 0.2) is 0 Å². The Labute approximate surface area is 109 Å². The van der Waals surface area contributed by atoms with Crippen LogP contribution < -0.4 is 0 Å². The molecule has 3 heterocycles. The molecule has 3 aliphatic rings. The van der Waals surface area contributed by atoms with Gasteiger partial charge in [-0.05, 0) is 13.8 Å². The molecule has 0 spiro atoms. The third kappa shape index (κ3) is 1.81. The van der Waals surface area contributed by atoms with Gasteiger partial charge < -0.3 is 24.1 Å². The number of thioether (sulfide) groups is 1. The second-order valence-electron chi connectivity index (χ2n) is 5.19. The molecule has 18 heavy (non-hydrogen) atoms. The number of hydrogen-bond donors (Lipinski definition) is 1. The summed E-state index contributed by atoms with van der Waals surface area (Å²) in [6, 6.07) is 0. The Hall–Kier alpha value is -0.180. The zero-order chi connectivity index (χ0) is 13.1. The molecule has 0 aliphatic carbocycles. The van der Waals surface area contributed by atoms with Crippen LogP contribution in [0.3, 0.4) is 0 Å². The molecule has 5 atom stereocenters. The molecule has 0 aromatic carbocycles. The van der Waals surface area contributed by atoms with Crippen molar-refractivity contribution in [3.05, 3.63) is 0 Å². The molecule has 0 amide bonds. The minimum Gasteiger partial charge on any atom is -0.361 e. The van der Waals surface area contributed by atoms with Gasteiger partial charge in [-0.25, -0.2) is 0 Å². The minimum atomic E-state index is -1.52. The fourth-order valence-corrected chi connectivity index (χ4v) is 3.59. The second kappa shape index (κ2) is 3.91. The van der Waals surface area contributed by atoms with E-state index in [1.807, 2.05) is 0 Å². The van der Waals surface area contributed by atoms with Crippen LogP contribution in [0.25, 0.3) is 0 Å². The van der Waals surface area contributed by atoms with Crippen LogP contribution in [0.5, 0.6) is 0 Å². The smallest absolute Gasteiger partial charge is 0.226 e. The van der Waals surface area contributed by atoms with Crippen molar-refractivity contribution in [1.82, 2.24) is 0 Å². The number of fused-ring (bicyclic) bond motifs is 3. The summed E-state index contributed by atoms with van der Waals surface area (Å²) < 4.78 is 22.3. The van der Waals surface area contributed by atoms with E-state index in [4.69, 9.17) is 18.9 Å². The molecule has 0 radical (unpaired) electrons. The average molecular weight is 276 g/mol. The number of rotatable bonds is 1. The molecule has 0 saturated carbocycles. The zero-order valence-electron chi connectivity index (χ0n) is 10.4. The van der Waals surface area contributed by atoms with Crippen molar-refractivity contribution < 1.29 is 28.8 Å². The van der Waals surface area contributed by atoms with E-state index < -0.39 is 30.1 Å². The molecule has 102 valence electrons. The molecular formula is C11H16O6S. The van der Waals surface area contributed by atoms with Gasteiger partial charge in [-0.1, -0.05) is 11.8 Å². The molecule has 6 nitrogen and oxygen atoms in total. The van der Waals surface area contributed by atoms with Gasteiger partial charge in [0.15, 0.2) is 23.3 Å². The maximum atomic E-state index is 11.2. The maximum Gasteiger partial charge on any atom is 0.226 e. The number of ether oxygens (including phenoxy) is 4. The van der Waals surface area contributed by atoms with Gasteiger partial charge in [0.25, 0.3) is 0 Å². The molecule has 0 bridgehead atoms. The first-order chi connectivity index (χ1) is 8.32. The van der Waals surface area contributed by atoms with Gasteiger partial charge in [0.05, 0.1) is 11.9 Å². The summed E-state index contributed by atoms with van der Waals surface area (Å²) in [6.45, 7) is 5.25. The molecule has 3 saturated heterocycles. The SMILES string of the molecule is CC(=O)S[C@@H]1CO[C@@]2(O)[C@@H]3OC(C)(C)O[C@H]3O[C@@H]12. The van der Waals surface area contributed by atoms with Crippen LogP contribution in [-0.4, -0.2) is 52.2 Å². The highest BCUT2D eigenvalue weighted by atomic mass is 32.2. The van der Waals surface area contributed by atoms with Crippen LogP contribution >= 0.6 is 11.8 Å². The normalized spacial score (nSPS) is 49.1. The molecule has 3 aliphatic heterocycles. The van der Waals surface area contributed by atoms with Gasteiger partial charge in [0.1, 0.15) is 6.10 Å². The molecule has 3 fully saturated rings. The Bertz CT molecular complexity index is 386. The lowest BCUT2D eigenvalue weighted by Gasteiger charge is -2.28. The van der Waals surface area contributed by atoms with Gasteiger partial charge in [-0.2, -0.15) is 0 Å². The van der Waals surface area contributed by atoms with Crippen molar-refractivity contribution in [2.24, 2.45) is 0 Å². The Kier molecular flexibility index (Phi) is 2.79. The molecule has 3 rings (SSSR count). The highest BCUT2D eigenvalue weighted by Crippen LogP contribution is 2.49.